The van der Waals surface area contributed by atoms with Gasteiger partial charge < -0.3 is 16.2 Å². The van der Waals surface area contributed by atoms with Crippen LogP contribution < -0.4 is 11.1 Å². The molecule has 0 saturated heterocycles. The maximum atomic E-state index is 11.9. The van der Waals surface area contributed by atoms with Crippen LogP contribution in [0.1, 0.15) is 36.9 Å². The van der Waals surface area contributed by atoms with Gasteiger partial charge in [-0.05, 0) is 30.0 Å². The third-order valence-electron chi connectivity index (χ3n) is 3.79. The second-order valence-corrected chi connectivity index (χ2v) is 5.40. The fraction of sp³-hybridized carbons (Fsp3) is 0.533. The highest BCUT2D eigenvalue weighted by atomic mass is 16.3. The van der Waals surface area contributed by atoms with E-state index in [1.165, 1.54) is 0 Å². The molecule has 4 N–H and O–H groups in total. The highest BCUT2D eigenvalue weighted by Crippen LogP contribution is 2.31. The molecule has 1 aromatic carbocycles. The van der Waals surface area contributed by atoms with Crippen molar-refractivity contribution in [2.24, 2.45) is 11.7 Å². The van der Waals surface area contributed by atoms with Gasteiger partial charge in [-0.2, -0.15) is 0 Å². The maximum absolute atomic E-state index is 11.9. The van der Waals surface area contributed by atoms with Gasteiger partial charge in [-0.25, -0.2) is 0 Å². The van der Waals surface area contributed by atoms with Gasteiger partial charge in [0.1, 0.15) is 0 Å². The number of aliphatic hydroxyl groups is 1. The molecule has 0 aromatic heterocycles. The van der Waals surface area contributed by atoms with E-state index in [1.807, 2.05) is 31.2 Å². The van der Waals surface area contributed by atoms with Crippen LogP contribution in [0.3, 0.4) is 0 Å². The van der Waals surface area contributed by atoms with E-state index in [1.54, 1.807) is 0 Å². The van der Waals surface area contributed by atoms with Crippen LogP contribution in [-0.2, 0) is 11.2 Å². The minimum atomic E-state index is -0.520. The SMILES string of the molecule is CC(CN)CCC(=O)N[C@@H]1c2ccccc2C[C@@H]1O. The Morgan fingerprint density at radius 2 is 2.26 bits per heavy atom. The van der Waals surface area contributed by atoms with Crippen LogP contribution >= 0.6 is 0 Å². The van der Waals surface area contributed by atoms with Crippen molar-refractivity contribution in [3.63, 3.8) is 0 Å². The lowest BCUT2D eigenvalue weighted by Crippen LogP contribution is -2.34. The summed E-state index contributed by atoms with van der Waals surface area (Å²) in [6.45, 7) is 2.63. The zero-order valence-electron chi connectivity index (χ0n) is 11.3. The number of benzene rings is 1. The van der Waals surface area contributed by atoms with E-state index < -0.39 is 6.10 Å². The van der Waals surface area contributed by atoms with Gasteiger partial charge in [0.2, 0.25) is 5.91 Å². The van der Waals surface area contributed by atoms with E-state index in [-0.39, 0.29) is 11.9 Å². The number of amides is 1. The molecule has 0 aliphatic heterocycles. The van der Waals surface area contributed by atoms with E-state index in [0.717, 1.165) is 17.5 Å². The highest BCUT2D eigenvalue weighted by Gasteiger charge is 2.31. The molecule has 2 rings (SSSR count). The van der Waals surface area contributed by atoms with E-state index >= 15 is 0 Å². The molecule has 4 heteroatoms. The summed E-state index contributed by atoms with van der Waals surface area (Å²) in [5.74, 6) is 0.340. The van der Waals surface area contributed by atoms with Gasteiger partial charge >= 0.3 is 0 Å². The first-order valence-corrected chi connectivity index (χ1v) is 6.87. The monoisotopic (exact) mass is 262 g/mol. The number of carbonyl (C=O) groups is 1. The number of hydrogen-bond donors (Lipinski definition) is 3. The van der Waals surface area contributed by atoms with Gasteiger partial charge in [-0.15, -0.1) is 0 Å². The lowest BCUT2D eigenvalue weighted by molar-refractivity contribution is -0.122. The summed E-state index contributed by atoms with van der Waals surface area (Å²) in [4.78, 5) is 11.9. The molecule has 1 unspecified atom stereocenters. The Bertz CT molecular complexity index is 448. The number of fused-ring (bicyclic) bond motifs is 1. The molecule has 3 atom stereocenters. The summed E-state index contributed by atoms with van der Waals surface area (Å²) < 4.78 is 0. The van der Waals surface area contributed by atoms with Gasteiger partial charge in [-0.3, -0.25) is 4.79 Å². The fourth-order valence-electron chi connectivity index (χ4n) is 2.49. The van der Waals surface area contributed by atoms with E-state index in [9.17, 15) is 9.90 Å². The van der Waals surface area contributed by atoms with Crippen molar-refractivity contribution in [3.05, 3.63) is 35.4 Å². The second-order valence-electron chi connectivity index (χ2n) is 5.40. The molecule has 0 bridgehead atoms. The van der Waals surface area contributed by atoms with Gasteiger partial charge in [0, 0.05) is 12.8 Å². The summed E-state index contributed by atoms with van der Waals surface area (Å²) in [6.07, 6.45) is 1.34. The molecular weight excluding hydrogens is 240 g/mol. The summed E-state index contributed by atoms with van der Waals surface area (Å²) in [5.41, 5.74) is 7.69. The average Bonchev–Trinajstić information content (AvgIpc) is 2.72. The van der Waals surface area contributed by atoms with Crippen LogP contribution in [0.15, 0.2) is 24.3 Å². The molecule has 1 aliphatic rings. The summed E-state index contributed by atoms with van der Waals surface area (Å²) in [7, 11) is 0. The molecule has 19 heavy (non-hydrogen) atoms. The van der Waals surface area contributed by atoms with Crippen molar-refractivity contribution in [3.8, 4) is 0 Å². The fourth-order valence-corrected chi connectivity index (χ4v) is 2.49. The average molecular weight is 262 g/mol. The molecule has 0 spiro atoms. The Labute approximate surface area is 114 Å². The summed E-state index contributed by atoms with van der Waals surface area (Å²) in [6, 6.07) is 7.60. The van der Waals surface area contributed by atoms with Crippen LogP contribution in [0.25, 0.3) is 0 Å². The maximum Gasteiger partial charge on any atom is 0.220 e. The number of rotatable bonds is 5. The van der Waals surface area contributed by atoms with Gasteiger partial charge in [0.05, 0.1) is 12.1 Å². The largest absolute Gasteiger partial charge is 0.390 e. The van der Waals surface area contributed by atoms with Gasteiger partial charge in [-0.1, -0.05) is 31.2 Å². The Balaban J connectivity index is 1.94. The predicted octanol–water partition coefficient (Wildman–Crippen LogP) is 1.14. The van der Waals surface area contributed by atoms with E-state index in [4.69, 9.17) is 5.73 Å². The number of nitrogens with one attached hydrogen (secondary N) is 1. The van der Waals surface area contributed by atoms with Crippen molar-refractivity contribution in [2.75, 3.05) is 6.54 Å². The quantitative estimate of drug-likeness (QED) is 0.744. The summed E-state index contributed by atoms with van der Waals surface area (Å²) in [5, 5.41) is 13.0. The molecule has 0 radical (unpaired) electrons. The van der Waals surface area contributed by atoms with Crippen LogP contribution in [-0.4, -0.2) is 23.7 Å². The first-order valence-electron chi connectivity index (χ1n) is 6.87. The standard InChI is InChI=1S/C15H22N2O2/c1-10(9-16)6-7-14(19)17-15-12-5-3-2-4-11(12)8-13(15)18/h2-5,10,13,15,18H,6-9,16H2,1H3,(H,17,19)/t10?,13-,15+/m0/s1. The van der Waals surface area contributed by atoms with Crippen LogP contribution in [0, 0.1) is 5.92 Å². The number of nitrogens with two attached hydrogens (primary N) is 1. The number of aliphatic hydroxyl groups excluding tert-OH is 1. The molecule has 0 heterocycles. The predicted molar refractivity (Wildman–Crippen MR) is 74.5 cm³/mol. The molecule has 104 valence electrons. The van der Waals surface area contributed by atoms with Crippen molar-refractivity contribution in [1.29, 1.82) is 0 Å². The molecular formula is C15H22N2O2. The Kier molecular flexibility index (Phi) is 4.56. The second kappa shape index (κ2) is 6.17. The van der Waals surface area contributed by atoms with E-state index in [2.05, 4.69) is 5.32 Å². The lowest BCUT2D eigenvalue weighted by Gasteiger charge is -2.18. The molecule has 4 nitrogen and oxygen atoms in total. The van der Waals surface area contributed by atoms with Crippen molar-refractivity contribution in [1.82, 2.24) is 5.32 Å². The normalized spacial score (nSPS) is 22.9. The Morgan fingerprint density at radius 3 is 3.00 bits per heavy atom. The van der Waals surface area contributed by atoms with Crippen molar-refractivity contribution in [2.45, 2.75) is 38.3 Å². The third kappa shape index (κ3) is 3.33. The Hall–Kier alpha value is -1.39. The van der Waals surface area contributed by atoms with Crippen molar-refractivity contribution >= 4 is 5.91 Å². The van der Waals surface area contributed by atoms with Gasteiger partial charge in [0.25, 0.3) is 0 Å². The number of carbonyl (C=O) groups excluding carboxylic acids is 1. The smallest absolute Gasteiger partial charge is 0.220 e. The van der Waals surface area contributed by atoms with Gasteiger partial charge in [0.15, 0.2) is 0 Å². The lowest BCUT2D eigenvalue weighted by atomic mass is 10.0. The number of hydrogen-bond acceptors (Lipinski definition) is 3. The minimum absolute atomic E-state index is 0.0129. The zero-order valence-corrected chi connectivity index (χ0v) is 11.3. The van der Waals surface area contributed by atoms with Crippen LogP contribution in [0.5, 0.6) is 0 Å². The summed E-state index contributed by atoms with van der Waals surface area (Å²) >= 11 is 0. The molecule has 0 fully saturated rings. The molecule has 1 aliphatic carbocycles. The molecule has 1 aromatic rings. The Morgan fingerprint density at radius 1 is 1.53 bits per heavy atom. The first-order chi connectivity index (χ1) is 9.11. The molecule has 1 amide bonds. The van der Waals surface area contributed by atoms with Crippen LogP contribution in [0.4, 0.5) is 0 Å². The molecule has 0 saturated carbocycles. The van der Waals surface area contributed by atoms with E-state index in [0.29, 0.717) is 25.3 Å². The highest BCUT2D eigenvalue weighted by molar-refractivity contribution is 5.76. The zero-order chi connectivity index (χ0) is 13.8. The first kappa shape index (κ1) is 14.0. The van der Waals surface area contributed by atoms with Crippen molar-refractivity contribution < 1.29 is 9.90 Å². The minimum Gasteiger partial charge on any atom is -0.390 e. The van der Waals surface area contributed by atoms with Crippen LogP contribution in [0.2, 0.25) is 0 Å². The topological polar surface area (TPSA) is 75.4 Å². The third-order valence-corrected chi connectivity index (χ3v) is 3.79.